The summed E-state index contributed by atoms with van der Waals surface area (Å²) in [5, 5.41) is 1.00. The van der Waals surface area contributed by atoms with Gasteiger partial charge in [0.15, 0.2) is 4.80 Å². The minimum absolute atomic E-state index is 0.191. The van der Waals surface area contributed by atoms with Crippen molar-refractivity contribution in [3.05, 3.63) is 103 Å². The van der Waals surface area contributed by atoms with E-state index in [-0.39, 0.29) is 17.7 Å². The van der Waals surface area contributed by atoms with E-state index in [1.54, 1.807) is 26.0 Å². The fourth-order valence-electron chi connectivity index (χ4n) is 4.11. The highest BCUT2D eigenvalue weighted by Gasteiger charge is 2.33. The molecule has 3 heterocycles. The van der Waals surface area contributed by atoms with Crippen molar-refractivity contribution >= 4 is 34.3 Å². The molecule has 1 unspecified atom stereocenters. The van der Waals surface area contributed by atoms with Crippen LogP contribution in [0.2, 0.25) is 0 Å². The number of benzene rings is 2. The number of esters is 1. The lowest BCUT2D eigenvalue weighted by atomic mass is 9.96. The lowest BCUT2D eigenvalue weighted by Gasteiger charge is -2.24. The number of hydrogen-bond donors (Lipinski definition) is 1. The Morgan fingerprint density at radius 1 is 1.24 bits per heavy atom. The number of carbonyl (C=O) groups is 1. The fraction of sp³-hybridized carbons (Fsp3) is 0.160. The van der Waals surface area contributed by atoms with Gasteiger partial charge in [0.05, 0.1) is 28.5 Å². The summed E-state index contributed by atoms with van der Waals surface area (Å²) in [4.78, 5) is 34.7. The number of carbonyl (C=O) groups excluding carboxylic acids is 1. The average Bonchev–Trinajstić information content (AvgIpc) is 3.35. The van der Waals surface area contributed by atoms with Crippen molar-refractivity contribution < 1.29 is 13.9 Å². The van der Waals surface area contributed by atoms with Crippen LogP contribution in [0.3, 0.4) is 0 Å². The molecule has 0 spiro atoms. The number of aromatic amines is 1. The number of aromatic nitrogens is 2. The Hall–Kier alpha value is -3.78. The van der Waals surface area contributed by atoms with Crippen LogP contribution in [0.25, 0.3) is 17.0 Å². The lowest BCUT2D eigenvalue weighted by molar-refractivity contribution is -0.139. The van der Waals surface area contributed by atoms with Crippen LogP contribution in [0.5, 0.6) is 0 Å². The Labute approximate surface area is 192 Å². The van der Waals surface area contributed by atoms with Crippen molar-refractivity contribution in [2.45, 2.75) is 19.9 Å². The van der Waals surface area contributed by atoms with Crippen molar-refractivity contribution in [3.8, 4) is 0 Å². The molecule has 0 bridgehead atoms. The van der Waals surface area contributed by atoms with Crippen molar-refractivity contribution in [1.82, 2.24) is 9.55 Å². The van der Waals surface area contributed by atoms with Crippen LogP contribution in [0.15, 0.2) is 75.8 Å². The van der Waals surface area contributed by atoms with Crippen LogP contribution in [-0.4, -0.2) is 22.1 Å². The molecule has 0 amide bonds. The summed E-state index contributed by atoms with van der Waals surface area (Å²) in [6, 6.07) is 12.9. The van der Waals surface area contributed by atoms with E-state index >= 15 is 0 Å². The molecule has 0 radical (unpaired) electrons. The molecule has 166 valence electrons. The number of hydrogen-bond acceptors (Lipinski definition) is 5. The van der Waals surface area contributed by atoms with Gasteiger partial charge in [0.2, 0.25) is 0 Å². The zero-order valence-corrected chi connectivity index (χ0v) is 18.8. The third-order valence-electron chi connectivity index (χ3n) is 5.61. The second-order valence-corrected chi connectivity index (χ2v) is 8.65. The normalized spacial score (nSPS) is 16.1. The molecule has 2 aromatic heterocycles. The molecule has 4 aromatic rings. The number of rotatable bonds is 4. The number of fused-ring (bicyclic) bond motifs is 2. The maximum absolute atomic E-state index is 13.6. The highest BCUT2D eigenvalue weighted by atomic mass is 32.1. The molecule has 0 saturated heterocycles. The zero-order chi connectivity index (χ0) is 23.1. The van der Waals surface area contributed by atoms with E-state index in [1.807, 2.05) is 36.5 Å². The summed E-state index contributed by atoms with van der Waals surface area (Å²) in [5.74, 6) is -0.942. The summed E-state index contributed by atoms with van der Waals surface area (Å²) < 4.78 is 20.9. The van der Waals surface area contributed by atoms with E-state index in [0.29, 0.717) is 20.6 Å². The summed E-state index contributed by atoms with van der Waals surface area (Å²) >= 11 is 1.26. The summed E-state index contributed by atoms with van der Waals surface area (Å²) in [5.41, 5.74) is 2.94. The molecule has 1 aliphatic heterocycles. The van der Waals surface area contributed by atoms with Crippen LogP contribution in [0, 0.1) is 5.82 Å². The van der Waals surface area contributed by atoms with Crippen molar-refractivity contribution in [3.63, 3.8) is 0 Å². The molecule has 1 aliphatic rings. The van der Waals surface area contributed by atoms with Gasteiger partial charge in [-0.25, -0.2) is 14.2 Å². The maximum atomic E-state index is 13.6. The minimum atomic E-state index is -0.758. The smallest absolute Gasteiger partial charge is 0.338 e. The SMILES string of the molecule is CCOC(=O)C1=C(C)N=c2sc(=Cc3c[nH]c4ccccc34)c(=O)n2C1c1ccc(F)cc1. The molecular formula is C25H20FN3O3S. The molecule has 8 heteroatoms. The van der Waals surface area contributed by atoms with Crippen LogP contribution >= 0.6 is 11.3 Å². The molecule has 5 rings (SSSR count). The Kier molecular flexibility index (Phi) is 5.30. The first-order valence-electron chi connectivity index (χ1n) is 10.5. The van der Waals surface area contributed by atoms with E-state index in [4.69, 9.17) is 4.74 Å². The number of thiazole rings is 1. The third kappa shape index (κ3) is 3.62. The first-order valence-corrected chi connectivity index (χ1v) is 11.3. The van der Waals surface area contributed by atoms with Crippen LogP contribution in [0.1, 0.15) is 31.0 Å². The first kappa shape index (κ1) is 21.1. The Morgan fingerprint density at radius 2 is 2.00 bits per heavy atom. The first-order chi connectivity index (χ1) is 16.0. The number of nitrogens with zero attached hydrogens (tertiary/aromatic N) is 2. The fourth-order valence-corrected chi connectivity index (χ4v) is 5.14. The predicted molar refractivity (Wildman–Crippen MR) is 125 cm³/mol. The number of ether oxygens (including phenoxy) is 1. The Morgan fingerprint density at radius 3 is 2.76 bits per heavy atom. The summed E-state index contributed by atoms with van der Waals surface area (Å²) in [6.45, 7) is 3.63. The van der Waals surface area contributed by atoms with Gasteiger partial charge >= 0.3 is 5.97 Å². The van der Waals surface area contributed by atoms with Gasteiger partial charge in [-0.2, -0.15) is 0 Å². The minimum Gasteiger partial charge on any atom is -0.463 e. The van der Waals surface area contributed by atoms with Crippen molar-refractivity contribution in [1.29, 1.82) is 0 Å². The molecule has 6 nitrogen and oxygen atoms in total. The molecule has 1 atom stereocenters. The van der Waals surface area contributed by atoms with Gasteiger partial charge < -0.3 is 9.72 Å². The second-order valence-electron chi connectivity index (χ2n) is 7.64. The number of H-pyrrole nitrogens is 1. The number of para-hydroxylation sites is 1. The van der Waals surface area contributed by atoms with Crippen LogP contribution < -0.4 is 14.9 Å². The van der Waals surface area contributed by atoms with Crippen molar-refractivity contribution in [2.24, 2.45) is 4.99 Å². The molecule has 0 aliphatic carbocycles. The quantitative estimate of drug-likeness (QED) is 0.473. The topological polar surface area (TPSA) is 76.4 Å². The highest BCUT2D eigenvalue weighted by Crippen LogP contribution is 2.30. The maximum Gasteiger partial charge on any atom is 0.338 e. The second kappa shape index (κ2) is 8.29. The van der Waals surface area contributed by atoms with Gasteiger partial charge in [0, 0.05) is 22.7 Å². The van der Waals surface area contributed by atoms with E-state index in [0.717, 1.165) is 16.5 Å². The third-order valence-corrected chi connectivity index (χ3v) is 6.59. The largest absolute Gasteiger partial charge is 0.463 e. The average molecular weight is 462 g/mol. The molecule has 0 saturated carbocycles. The van der Waals surface area contributed by atoms with Crippen LogP contribution in [0.4, 0.5) is 4.39 Å². The summed E-state index contributed by atoms with van der Waals surface area (Å²) in [6.07, 6.45) is 3.68. The predicted octanol–water partition coefficient (Wildman–Crippen LogP) is 3.42. The monoisotopic (exact) mass is 461 g/mol. The molecule has 0 fully saturated rings. The standard InChI is InChI=1S/C25H20FN3O3S/c1-3-32-24(31)21-14(2)28-25-29(22(21)15-8-10-17(26)11-9-15)23(30)20(33-25)12-16-13-27-19-7-5-4-6-18(16)19/h4-13,22,27H,3H2,1-2H3. The van der Waals surface area contributed by atoms with Crippen molar-refractivity contribution in [2.75, 3.05) is 6.61 Å². The van der Waals surface area contributed by atoms with E-state index in [1.165, 1.54) is 28.0 Å². The zero-order valence-electron chi connectivity index (χ0n) is 18.0. The molecule has 1 N–H and O–H groups in total. The molecular weight excluding hydrogens is 441 g/mol. The lowest BCUT2D eigenvalue weighted by Crippen LogP contribution is -2.39. The van der Waals surface area contributed by atoms with Gasteiger partial charge in [0.1, 0.15) is 5.82 Å². The van der Waals surface area contributed by atoms with E-state index in [2.05, 4.69) is 9.98 Å². The molecule has 2 aromatic carbocycles. The van der Waals surface area contributed by atoms with E-state index in [9.17, 15) is 14.0 Å². The van der Waals surface area contributed by atoms with Crippen LogP contribution in [-0.2, 0) is 9.53 Å². The van der Waals surface area contributed by atoms with Gasteiger partial charge in [-0.15, -0.1) is 0 Å². The number of allylic oxidation sites excluding steroid dienone is 1. The van der Waals surface area contributed by atoms with Gasteiger partial charge in [-0.3, -0.25) is 9.36 Å². The van der Waals surface area contributed by atoms with Gasteiger partial charge in [-0.1, -0.05) is 41.7 Å². The van der Waals surface area contributed by atoms with E-state index < -0.39 is 17.8 Å². The number of halogens is 1. The Balaban J connectivity index is 1.74. The van der Waals surface area contributed by atoms with Gasteiger partial charge in [-0.05, 0) is 43.7 Å². The molecule has 33 heavy (non-hydrogen) atoms. The highest BCUT2D eigenvalue weighted by molar-refractivity contribution is 7.07. The Bertz CT molecular complexity index is 1590. The number of nitrogens with one attached hydrogen (secondary N) is 1. The summed E-state index contributed by atoms with van der Waals surface area (Å²) in [7, 11) is 0. The van der Waals surface area contributed by atoms with Gasteiger partial charge in [0.25, 0.3) is 5.56 Å².